The van der Waals surface area contributed by atoms with E-state index in [2.05, 4.69) is 0 Å². The summed E-state index contributed by atoms with van der Waals surface area (Å²) in [4.78, 5) is 14.2. The van der Waals surface area contributed by atoms with E-state index in [-0.39, 0.29) is 12.2 Å². The zero-order valence-corrected chi connectivity index (χ0v) is 14.0. The fourth-order valence-corrected chi connectivity index (χ4v) is 3.61. The summed E-state index contributed by atoms with van der Waals surface area (Å²) < 4.78 is 5.05. The number of carbonyl (C=O) groups excluding carboxylic acids is 1. The first-order chi connectivity index (χ1) is 11.7. The van der Waals surface area contributed by atoms with Gasteiger partial charge in [0, 0.05) is 15.4 Å². The van der Waals surface area contributed by atoms with Crippen molar-refractivity contribution in [3.05, 3.63) is 77.4 Å². The van der Waals surface area contributed by atoms with Gasteiger partial charge in [0.15, 0.2) is 0 Å². The van der Waals surface area contributed by atoms with Crippen LogP contribution in [0.1, 0.15) is 18.1 Å². The monoisotopic (exact) mass is 333 g/mol. The van der Waals surface area contributed by atoms with Crippen LogP contribution in [0.3, 0.4) is 0 Å². The molecular formula is C20H15NO2S. The predicted molar refractivity (Wildman–Crippen MR) is 95.9 cm³/mol. The minimum absolute atomic E-state index is 0.0398. The topological polar surface area (TPSA) is 50.1 Å². The second-order valence-corrected chi connectivity index (χ2v) is 6.18. The summed E-state index contributed by atoms with van der Waals surface area (Å²) in [6.07, 6.45) is 1.90. The van der Waals surface area contributed by atoms with Crippen LogP contribution >= 0.6 is 11.8 Å². The number of esters is 1. The standard InChI is InChI=1S/C20H15NO2S/c1-2-23-20(22)17(13-21)16-12-19(14-8-4-3-5-9-14)24-18-11-7-6-10-15(16)18/h3-12H,2H2,1H3/b17-16+. The van der Waals surface area contributed by atoms with E-state index in [1.165, 1.54) is 0 Å². The molecule has 1 aliphatic heterocycles. The lowest BCUT2D eigenvalue weighted by atomic mass is 9.98. The molecule has 1 aliphatic rings. The molecule has 0 aliphatic carbocycles. The smallest absolute Gasteiger partial charge is 0.349 e. The number of nitriles is 1. The number of rotatable bonds is 3. The first-order valence-electron chi connectivity index (χ1n) is 7.60. The first-order valence-corrected chi connectivity index (χ1v) is 8.42. The van der Waals surface area contributed by atoms with Gasteiger partial charge in [-0.2, -0.15) is 5.26 Å². The van der Waals surface area contributed by atoms with E-state index in [0.29, 0.717) is 5.57 Å². The fourth-order valence-electron chi connectivity index (χ4n) is 2.51. The third-order valence-corrected chi connectivity index (χ3v) is 4.74. The minimum Gasteiger partial charge on any atom is -0.462 e. The van der Waals surface area contributed by atoms with Crippen LogP contribution in [0.4, 0.5) is 0 Å². The summed E-state index contributed by atoms with van der Waals surface area (Å²) in [6, 6.07) is 19.7. The Morgan fingerprint density at radius 2 is 1.83 bits per heavy atom. The van der Waals surface area contributed by atoms with Gasteiger partial charge in [0.2, 0.25) is 0 Å². The lowest BCUT2D eigenvalue weighted by Crippen LogP contribution is -2.09. The lowest BCUT2D eigenvalue weighted by Gasteiger charge is -2.19. The van der Waals surface area contributed by atoms with Gasteiger partial charge in [-0.15, -0.1) is 0 Å². The van der Waals surface area contributed by atoms with Gasteiger partial charge < -0.3 is 4.74 Å². The summed E-state index contributed by atoms with van der Waals surface area (Å²) in [6.45, 7) is 1.97. The van der Waals surface area contributed by atoms with Gasteiger partial charge in [0.05, 0.1) is 6.61 Å². The molecule has 0 fully saturated rings. The van der Waals surface area contributed by atoms with Crippen LogP contribution in [0.5, 0.6) is 0 Å². The molecule has 118 valence electrons. The Labute approximate surface area is 145 Å². The molecule has 4 heteroatoms. The van der Waals surface area contributed by atoms with Crippen molar-refractivity contribution < 1.29 is 9.53 Å². The highest BCUT2D eigenvalue weighted by atomic mass is 32.2. The Bertz CT molecular complexity index is 876. The van der Waals surface area contributed by atoms with Crippen LogP contribution < -0.4 is 0 Å². The number of fused-ring (bicyclic) bond motifs is 1. The van der Waals surface area contributed by atoms with Crippen LogP contribution in [0, 0.1) is 11.3 Å². The zero-order chi connectivity index (χ0) is 16.9. The average molecular weight is 333 g/mol. The summed E-state index contributed by atoms with van der Waals surface area (Å²) in [7, 11) is 0. The molecule has 2 aromatic carbocycles. The van der Waals surface area contributed by atoms with Gasteiger partial charge in [-0.1, -0.05) is 60.3 Å². The number of carbonyl (C=O) groups is 1. The SMILES string of the molecule is CCOC(=O)/C(C#N)=C1\C=C(c2ccccc2)Sc2ccccc21. The quantitative estimate of drug-likeness (QED) is 0.465. The second-order valence-electron chi connectivity index (χ2n) is 5.09. The maximum atomic E-state index is 12.2. The van der Waals surface area contributed by atoms with E-state index >= 15 is 0 Å². The van der Waals surface area contributed by atoms with Gasteiger partial charge in [-0.25, -0.2) is 4.79 Å². The van der Waals surface area contributed by atoms with Crippen molar-refractivity contribution in [2.45, 2.75) is 11.8 Å². The average Bonchev–Trinajstić information content (AvgIpc) is 2.63. The van der Waals surface area contributed by atoms with Crippen LogP contribution in [-0.4, -0.2) is 12.6 Å². The van der Waals surface area contributed by atoms with E-state index < -0.39 is 5.97 Å². The van der Waals surface area contributed by atoms with E-state index in [9.17, 15) is 10.1 Å². The molecule has 0 N–H and O–H groups in total. The number of hydrogen-bond donors (Lipinski definition) is 0. The van der Waals surface area contributed by atoms with Crippen LogP contribution in [0.2, 0.25) is 0 Å². The molecule has 0 aromatic heterocycles. The Morgan fingerprint density at radius 1 is 1.12 bits per heavy atom. The highest BCUT2D eigenvalue weighted by molar-refractivity contribution is 8.08. The number of hydrogen-bond acceptors (Lipinski definition) is 4. The Morgan fingerprint density at radius 3 is 2.54 bits per heavy atom. The van der Waals surface area contributed by atoms with Gasteiger partial charge >= 0.3 is 5.97 Å². The van der Waals surface area contributed by atoms with Crippen LogP contribution in [-0.2, 0) is 9.53 Å². The molecule has 24 heavy (non-hydrogen) atoms. The molecule has 0 saturated carbocycles. The van der Waals surface area contributed by atoms with Gasteiger partial charge in [0.25, 0.3) is 0 Å². The van der Waals surface area contributed by atoms with E-state index in [1.54, 1.807) is 18.7 Å². The Kier molecular flexibility index (Phi) is 4.83. The normalized spacial score (nSPS) is 14.9. The first kappa shape index (κ1) is 16.1. The van der Waals surface area contributed by atoms with Crippen molar-refractivity contribution in [3.8, 4) is 6.07 Å². The predicted octanol–water partition coefficient (Wildman–Crippen LogP) is 4.67. The van der Waals surface area contributed by atoms with Crippen molar-refractivity contribution in [3.63, 3.8) is 0 Å². The number of benzene rings is 2. The molecule has 2 aromatic rings. The third kappa shape index (κ3) is 3.12. The minimum atomic E-state index is -0.583. The molecular weight excluding hydrogens is 318 g/mol. The Hall–Kier alpha value is -2.77. The summed E-state index contributed by atoms with van der Waals surface area (Å²) in [5.41, 5.74) is 2.59. The molecule has 0 atom stereocenters. The van der Waals surface area contributed by atoms with Gasteiger partial charge in [0.1, 0.15) is 11.6 Å². The van der Waals surface area contributed by atoms with Crippen molar-refractivity contribution >= 4 is 28.2 Å². The highest BCUT2D eigenvalue weighted by Gasteiger charge is 2.23. The number of allylic oxidation sites excluding steroid dienone is 2. The maximum Gasteiger partial charge on any atom is 0.349 e. The summed E-state index contributed by atoms with van der Waals surface area (Å²) in [5.74, 6) is -0.583. The van der Waals surface area contributed by atoms with Gasteiger partial charge in [-0.3, -0.25) is 0 Å². The fraction of sp³-hybridized carbons (Fsp3) is 0.100. The third-order valence-electron chi connectivity index (χ3n) is 3.59. The number of thioether (sulfide) groups is 1. The second kappa shape index (κ2) is 7.20. The van der Waals surface area contributed by atoms with Crippen LogP contribution in [0.25, 0.3) is 10.5 Å². The van der Waals surface area contributed by atoms with E-state index in [0.717, 1.165) is 20.9 Å². The molecule has 1 heterocycles. The largest absolute Gasteiger partial charge is 0.462 e. The molecule has 0 saturated heterocycles. The molecule has 0 radical (unpaired) electrons. The molecule has 3 rings (SSSR count). The summed E-state index contributed by atoms with van der Waals surface area (Å²) in [5, 5.41) is 9.51. The lowest BCUT2D eigenvalue weighted by molar-refractivity contribution is -0.137. The molecule has 0 unspecified atom stereocenters. The van der Waals surface area contributed by atoms with Crippen molar-refractivity contribution in [2.24, 2.45) is 0 Å². The van der Waals surface area contributed by atoms with Crippen molar-refractivity contribution in [1.82, 2.24) is 0 Å². The molecule has 0 bridgehead atoms. The van der Waals surface area contributed by atoms with Crippen LogP contribution in [0.15, 0.2) is 71.1 Å². The molecule has 0 spiro atoms. The van der Waals surface area contributed by atoms with Crippen molar-refractivity contribution in [2.75, 3.05) is 6.61 Å². The number of ether oxygens (including phenoxy) is 1. The van der Waals surface area contributed by atoms with E-state index in [1.807, 2.05) is 66.7 Å². The zero-order valence-electron chi connectivity index (χ0n) is 13.2. The highest BCUT2D eigenvalue weighted by Crippen LogP contribution is 2.45. The van der Waals surface area contributed by atoms with Crippen molar-refractivity contribution in [1.29, 1.82) is 5.26 Å². The maximum absolute atomic E-state index is 12.2. The Balaban J connectivity index is 2.20. The number of nitrogens with zero attached hydrogens (tertiary/aromatic N) is 1. The van der Waals surface area contributed by atoms with E-state index in [4.69, 9.17) is 4.74 Å². The van der Waals surface area contributed by atoms with Gasteiger partial charge in [-0.05, 0) is 30.2 Å². The molecule has 0 amide bonds. The summed E-state index contributed by atoms with van der Waals surface area (Å²) >= 11 is 1.63. The molecule has 3 nitrogen and oxygen atoms in total.